The zero-order chi connectivity index (χ0) is 13.7. The number of nitriles is 1. The Morgan fingerprint density at radius 3 is 2.20 bits per heavy atom. The number of halogens is 1. The average Bonchev–Trinajstić information content (AvgIpc) is 2.35. The van der Waals surface area contributed by atoms with Crippen molar-refractivity contribution in [3.05, 3.63) is 29.6 Å². The Morgan fingerprint density at radius 2 is 1.65 bits per heavy atom. The van der Waals surface area contributed by atoms with Crippen LogP contribution in [0.25, 0.3) is 0 Å². The normalized spacial score (nSPS) is 37.7. The highest BCUT2D eigenvalue weighted by molar-refractivity contribution is 5.52. The smallest absolute Gasteiger partial charge is 0.126 e. The molecule has 1 aromatic carbocycles. The maximum atomic E-state index is 13.6. The molecular formula is C17H19FN2. The average molecular weight is 270 g/mol. The monoisotopic (exact) mass is 270 g/mol. The SMILES string of the molecule is N#Cc1cc(F)cc(NC23CC4CC(CC(C4)C2)C3)c1. The Labute approximate surface area is 119 Å². The van der Waals surface area contributed by atoms with Crippen molar-refractivity contribution >= 4 is 5.69 Å². The molecule has 4 aliphatic rings. The third kappa shape index (κ3) is 1.98. The minimum atomic E-state index is -0.323. The van der Waals surface area contributed by atoms with Gasteiger partial charge in [0.1, 0.15) is 5.82 Å². The van der Waals surface area contributed by atoms with Crippen molar-refractivity contribution < 1.29 is 4.39 Å². The van der Waals surface area contributed by atoms with Crippen LogP contribution in [0, 0.1) is 34.9 Å². The third-order valence-corrected chi connectivity index (χ3v) is 5.47. The summed E-state index contributed by atoms with van der Waals surface area (Å²) in [6, 6.07) is 6.64. The highest BCUT2D eigenvalue weighted by Crippen LogP contribution is 2.56. The van der Waals surface area contributed by atoms with Crippen LogP contribution in [0.1, 0.15) is 44.1 Å². The van der Waals surface area contributed by atoms with E-state index in [4.69, 9.17) is 5.26 Å². The molecule has 0 amide bonds. The molecule has 4 bridgehead atoms. The lowest BCUT2D eigenvalue weighted by molar-refractivity contribution is 0.0107. The molecule has 2 nitrogen and oxygen atoms in total. The fourth-order valence-electron chi connectivity index (χ4n) is 5.30. The van der Waals surface area contributed by atoms with Gasteiger partial charge in [-0.15, -0.1) is 0 Å². The van der Waals surface area contributed by atoms with E-state index in [1.54, 1.807) is 6.07 Å². The summed E-state index contributed by atoms with van der Waals surface area (Å²) in [5.74, 6) is 2.25. The van der Waals surface area contributed by atoms with Gasteiger partial charge in [0, 0.05) is 11.2 Å². The van der Waals surface area contributed by atoms with Crippen molar-refractivity contribution in [1.29, 1.82) is 5.26 Å². The van der Waals surface area contributed by atoms with Crippen LogP contribution in [0.2, 0.25) is 0 Å². The van der Waals surface area contributed by atoms with Gasteiger partial charge in [-0.3, -0.25) is 0 Å². The Morgan fingerprint density at radius 1 is 1.05 bits per heavy atom. The van der Waals surface area contributed by atoms with Crippen LogP contribution >= 0.6 is 0 Å². The lowest BCUT2D eigenvalue weighted by atomic mass is 9.53. The molecule has 0 saturated heterocycles. The van der Waals surface area contributed by atoms with Gasteiger partial charge in [-0.2, -0.15) is 5.26 Å². The predicted octanol–water partition coefficient (Wildman–Crippen LogP) is 4.08. The molecule has 20 heavy (non-hydrogen) atoms. The topological polar surface area (TPSA) is 35.8 Å². The molecule has 0 aromatic heterocycles. The first-order chi connectivity index (χ1) is 9.64. The molecule has 1 N–H and O–H groups in total. The number of benzene rings is 1. The second-order valence-corrected chi connectivity index (χ2v) is 7.16. The summed E-state index contributed by atoms with van der Waals surface area (Å²) in [4.78, 5) is 0. The van der Waals surface area contributed by atoms with Crippen molar-refractivity contribution in [3.63, 3.8) is 0 Å². The minimum Gasteiger partial charge on any atom is -0.379 e. The zero-order valence-corrected chi connectivity index (χ0v) is 11.5. The molecule has 0 atom stereocenters. The van der Waals surface area contributed by atoms with Crippen molar-refractivity contribution in [2.45, 2.75) is 44.1 Å². The minimum absolute atomic E-state index is 0.162. The number of nitrogens with zero attached hydrogens (tertiary/aromatic N) is 1. The summed E-state index contributed by atoms with van der Waals surface area (Å²) in [5.41, 5.74) is 1.34. The Bertz CT molecular complexity index is 552. The molecule has 0 heterocycles. The number of hydrogen-bond acceptors (Lipinski definition) is 2. The summed E-state index contributed by atoms with van der Waals surface area (Å²) < 4.78 is 13.6. The van der Waals surface area contributed by atoms with Gasteiger partial charge in [-0.05, 0) is 74.5 Å². The second-order valence-electron chi connectivity index (χ2n) is 7.16. The molecule has 104 valence electrons. The van der Waals surface area contributed by atoms with E-state index in [-0.39, 0.29) is 11.4 Å². The quantitative estimate of drug-likeness (QED) is 0.879. The molecule has 0 spiro atoms. The van der Waals surface area contributed by atoms with Gasteiger partial charge in [0.15, 0.2) is 0 Å². The van der Waals surface area contributed by atoms with Crippen LogP contribution in [0.5, 0.6) is 0 Å². The van der Waals surface area contributed by atoms with Crippen molar-refractivity contribution in [3.8, 4) is 6.07 Å². The number of hydrogen-bond donors (Lipinski definition) is 1. The number of nitrogens with one attached hydrogen (secondary N) is 1. The molecule has 4 saturated carbocycles. The largest absolute Gasteiger partial charge is 0.379 e. The van der Waals surface area contributed by atoms with Gasteiger partial charge < -0.3 is 5.32 Å². The molecule has 4 fully saturated rings. The van der Waals surface area contributed by atoms with Gasteiger partial charge in [0.05, 0.1) is 11.6 Å². The number of anilines is 1. The second kappa shape index (κ2) is 4.22. The summed E-state index contributed by atoms with van der Waals surface area (Å²) in [6.07, 6.45) is 7.85. The Balaban J connectivity index is 1.63. The van der Waals surface area contributed by atoms with E-state index in [1.165, 1.54) is 50.7 Å². The van der Waals surface area contributed by atoms with Gasteiger partial charge >= 0.3 is 0 Å². The molecule has 0 radical (unpaired) electrons. The fourth-order valence-corrected chi connectivity index (χ4v) is 5.30. The van der Waals surface area contributed by atoms with Crippen LogP contribution in [0.4, 0.5) is 10.1 Å². The lowest BCUT2D eigenvalue weighted by Crippen LogP contribution is -2.54. The van der Waals surface area contributed by atoms with Gasteiger partial charge in [-0.1, -0.05) is 0 Å². The van der Waals surface area contributed by atoms with E-state index < -0.39 is 0 Å². The van der Waals surface area contributed by atoms with E-state index in [9.17, 15) is 4.39 Å². The standard InChI is InChI=1S/C17H19FN2/c18-15-4-14(10-19)5-16(6-15)20-17-7-11-1-12(8-17)3-13(2-11)9-17/h4-6,11-13,20H,1-3,7-9H2. The summed E-state index contributed by atoms with van der Waals surface area (Å²) in [5, 5.41) is 12.6. The summed E-state index contributed by atoms with van der Waals surface area (Å²) in [7, 11) is 0. The number of rotatable bonds is 2. The molecular weight excluding hydrogens is 251 g/mol. The van der Waals surface area contributed by atoms with Gasteiger partial charge in [0.2, 0.25) is 0 Å². The van der Waals surface area contributed by atoms with E-state index in [2.05, 4.69) is 5.32 Å². The molecule has 1 aromatic rings. The van der Waals surface area contributed by atoms with Crippen molar-refractivity contribution in [2.75, 3.05) is 5.32 Å². The van der Waals surface area contributed by atoms with E-state index >= 15 is 0 Å². The third-order valence-electron chi connectivity index (χ3n) is 5.47. The zero-order valence-electron chi connectivity index (χ0n) is 11.5. The van der Waals surface area contributed by atoms with Crippen LogP contribution in [-0.4, -0.2) is 5.54 Å². The fraction of sp³-hybridized carbons (Fsp3) is 0.588. The first kappa shape index (κ1) is 12.2. The summed E-state index contributed by atoms with van der Waals surface area (Å²) in [6.45, 7) is 0. The molecule has 5 rings (SSSR count). The molecule has 3 heteroatoms. The van der Waals surface area contributed by atoms with E-state index in [0.717, 1.165) is 23.4 Å². The van der Waals surface area contributed by atoms with Crippen LogP contribution in [-0.2, 0) is 0 Å². The maximum Gasteiger partial charge on any atom is 0.126 e. The predicted molar refractivity (Wildman–Crippen MR) is 75.6 cm³/mol. The summed E-state index contributed by atoms with van der Waals surface area (Å²) >= 11 is 0. The van der Waals surface area contributed by atoms with Crippen molar-refractivity contribution in [1.82, 2.24) is 0 Å². The van der Waals surface area contributed by atoms with Gasteiger partial charge in [0.25, 0.3) is 0 Å². The molecule has 0 aliphatic heterocycles. The lowest BCUT2D eigenvalue weighted by Gasteiger charge is -2.57. The van der Waals surface area contributed by atoms with Crippen LogP contribution in [0.15, 0.2) is 18.2 Å². The van der Waals surface area contributed by atoms with Crippen molar-refractivity contribution in [2.24, 2.45) is 17.8 Å². The first-order valence-electron chi connectivity index (χ1n) is 7.63. The highest BCUT2D eigenvalue weighted by Gasteiger charge is 2.50. The Kier molecular flexibility index (Phi) is 2.57. The highest BCUT2D eigenvalue weighted by atomic mass is 19.1. The van der Waals surface area contributed by atoms with Crippen LogP contribution < -0.4 is 5.32 Å². The van der Waals surface area contributed by atoms with E-state index in [1.807, 2.05) is 6.07 Å². The maximum absolute atomic E-state index is 13.6. The van der Waals surface area contributed by atoms with E-state index in [0.29, 0.717) is 5.56 Å². The first-order valence-corrected chi connectivity index (χ1v) is 7.63. The molecule has 4 aliphatic carbocycles. The van der Waals surface area contributed by atoms with Gasteiger partial charge in [-0.25, -0.2) is 4.39 Å². The Hall–Kier alpha value is -1.56. The van der Waals surface area contributed by atoms with Crippen LogP contribution in [0.3, 0.4) is 0 Å². The molecule has 0 unspecified atom stereocenters.